The van der Waals surface area contributed by atoms with Crippen molar-refractivity contribution in [2.75, 3.05) is 30.8 Å². The molecule has 0 radical (unpaired) electrons. The number of methoxy groups -OCH3 is 1. The van der Waals surface area contributed by atoms with Gasteiger partial charge in [-0.3, -0.25) is 0 Å². The summed E-state index contributed by atoms with van der Waals surface area (Å²) in [6.45, 7) is 1.95. The number of hydrogen-bond acceptors (Lipinski definition) is 5. The molecule has 0 aliphatic carbocycles. The molecule has 0 aromatic carbocycles. The van der Waals surface area contributed by atoms with Crippen molar-refractivity contribution in [1.29, 1.82) is 0 Å². The van der Waals surface area contributed by atoms with Crippen molar-refractivity contribution in [3.63, 3.8) is 0 Å². The number of nitrogen functional groups attached to an aromatic ring is 1. The van der Waals surface area contributed by atoms with Gasteiger partial charge < -0.3 is 15.4 Å². The lowest BCUT2D eigenvalue weighted by molar-refractivity contribution is 0.121. The predicted octanol–water partition coefficient (Wildman–Crippen LogP) is 0.950. The maximum absolute atomic E-state index is 5.55. The van der Waals surface area contributed by atoms with E-state index in [1.165, 1.54) is 0 Å². The highest BCUT2D eigenvalue weighted by atomic mass is 32.1. The molecule has 4 nitrogen and oxygen atoms in total. The molecular formula is C8H13N3OS. The van der Waals surface area contributed by atoms with Crippen LogP contribution in [0.1, 0.15) is 6.42 Å². The number of anilines is 2. The Morgan fingerprint density at radius 2 is 2.62 bits per heavy atom. The summed E-state index contributed by atoms with van der Waals surface area (Å²) in [6, 6.07) is 0. The van der Waals surface area contributed by atoms with Gasteiger partial charge in [0.05, 0.1) is 6.10 Å². The number of aromatic nitrogens is 1. The van der Waals surface area contributed by atoms with Crippen molar-refractivity contribution in [2.24, 2.45) is 0 Å². The topological polar surface area (TPSA) is 51.4 Å². The molecule has 1 atom stereocenters. The Balaban J connectivity index is 2.03. The molecule has 0 bridgehead atoms. The van der Waals surface area contributed by atoms with Crippen molar-refractivity contribution in [2.45, 2.75) is 12.5 Å². The van der Waals surface area contributed by atoms with Crippen LogP contribution >= 0.6 is 11.3 Å². The molecule has 0 spiro atoms. The van der Waals surface area contributed by atoms with E-state index in [-0.39, 0.29) is 0 Å². The van der Waals surface area contributed by atoms with Gasteiger partial charge in [0.2, 0.25) is 0 Å². The second-order valence-electron chi connectivity index (χ2n) is 3.15. The van der Waals surface area contributed by atoms with E-state index in [2.05, 4.69) is 9.88 Å². The van der Waals surface area contributed by atoms with Gasteiger partial charge in [-0.25, -0.2) is 4.98 Å². The van der Waals surface area contributed by atoms with E-state index in [4.69, 9.17) is 10.5 Å². The van der Waals surface area contributed by atoms with Crippen LogP contribution in [0.3, 0.4) is 0 Å². The molecular weight excluding hydrogens is 186 g/mol. The van der Waals surface area contributed by atoms with Gasteiger partial charge >= 0.3 is 0 Å². The maximum atomic E-state index is 5.55. The van der Waals surface area contributed by atoms with E-state index in [9.17, 15) is 0 Å². The number of hydrogen-bond donors (Lipinski definition) is 1. The van der Waals surface area contributed by atoms with Crippen molar-refractivity contribution >= 4 is 22.3 Å². The Bertz CT molecular complexity index is 289. The molecule has 0 amide bonds. The Kier molecular flexibility index (Phi) is 2.37. The van der Waals surface area contributed by atoms with Crippen LogP contribution < -0.4 is 10.6 Å². The third-order valence-electron chi connectivity index (χ3n) is 2.26. The minimum absolute atomic E-state index is 0.352. The Hall–Kier alpha value is -0.810. The smallest absolute Gasteiger partial charge is 0.187 e. The van der Waals surface area contributed by atoms with Gasteiger partial charge in [-0.05, 0) is 6.42 Å². The van der Waals surface area contributed by atoms with Gasteiger partial charge in [-0.1, -0.05) is 0 Å². The first kappa shape index (κ1) is 8.77. The van der Waals surface area contributed by atoms with E-state index >= 15 is 0 Å². The minimum Gasteiger partial charge on any atom is -0.383 e. The quantitative estimate of drug-likeness (QED) is 0.770. The van der Waals surface area contributed by atoms with Crippen LogP contribution in [0.5, 0.6) is 0 Å². The van der Waals surface area contributed by atoms with Crippen LogP contribution in [-0.4, -0.2) is 31.3 Å². The summed E-state index contributed by atoms with van der Waals surface area (Å²) >= 11 is 1.59. The lowest BCUT2D eigenvalue weighted by Crippen LogP contribution is -2.21. The fourth-order valence-electron chi connectivity index (χ4n) is 1.52. The molecule has 1 fully saturated rings. The summed E-state index contributed by atoms with van der Waals surface area (Å²) in [5.74, 6) is 0.612. The molecule has 2 N–H and O–H groups in total. The molecule has 0 unspecified atom stereocenters. The second kappa shape index (κ2) is 3.51. The number of thiazole rings is 1. The molecule has 0 saturated carbocycles. The lowest BCUT2D eigenvalue weighted by atomic mass is 10.3. The van der Waals surface area contributed by atoms with Crippen molar-refractivity contribution in [1.82, 2.24) is 4.98 Å². The zero-order chi connectivity index (χ0) is 9.26. The maximum Gasteiger partial charge on any atom is 0.187 e. The van der Waals surface area contributed by atoms with E-state index in [0.29, 0.717) is 11.9 Å². The molecule has 1 aliphatic rings. The molecule has 72 valence electrons. The van der Waals surface area contributed by atoms with Crippen LogP contribution in [0, 0.1) is 0 Å². The van der Waals surface area contributed by atoms with E-state index < -0.39 is 0 Å². The highest BCUT2D eigenvalue weighted by Crippen LogP contribution is 2.25. The summed E-state index contributed by atoms with van der Waals surface area (Å²) in [5.41, 5.74) is 5.55. The number of nitrogens with zero attached hydrogens (tertiary/aromatic N) is 2. The molecule has 1 aromatic rings. The van der Waals surface area contributed by atoms with Crippen LogP contribution in [0.4, 0.5) is 10.9 Å². The van der Waals surface area contributed by atoms with E-state index in [0.717, 1.165) is 24.6 Å². The summed E-state index contributed by atoms with van der Waals surface area (Å²) in [5, 5.41) is 2.88. The summed E-state index contributed by atoms with van der Waals surface area (Å²) < 4.78 is 5.27. The fourth-order valence-corrected chi connectivity index (χ4v) is 2.27. The molecule has 1 aromatic heterocycles. The molecule has 5 heteroatoms. The third kappa shape index (κ3) is 1.76. The fraction of sp³-hybridized carbons (Fsp3) is 0.625. The van der Waals surface area contributed by atoms with Crippen LogP contribution in [-0.2, 0) is 4.74 Å². The van der Waals surface area contributed by atoms with Gasteiger partial charge in [-0.15, -0.1) is 11.3 Å². The Morgan fingerprint density at radius 3 is 3.15 bits per heavy atom. The average Bonchev–Trinajstić information content (AvgIpc) is 2.71. The number of nitrogens with two attached hydrogens (primary N) is 1. The van der Waals surface area contributed by atoms with Crippen molar-refractivity contribution < 1.29 is 4.74 Å². The Labute approximate surface area is 81.3 Å². The van der Waals surface area contributed by atoms with Gasteiger partial charge in [0.1, 0.15) is 5.82 Å². The number of rotatable bonds is 2. The van der Waals surface area contributed by atoms with Crippen LogP contribution in [0.2, 0.25) is 0 Å². The molecule has 1 aliphatic heterocycles. The van der Waals surface area contributed by atoms with Crippen molar-refractivity contribution in [3.05, 3.63) is 5.38 Å². The minimum atomic E-state index is 0.352. The van der Waals surface area contributed by atoms with Gasteiger partial charge in [-0.2, -0.15) is 0 Å². The zero-order valence-corrected chi connectivity index (χ0v) is 8.38. The molecule has 13 heavy (non-hydrogen) atoms. The zero-order valence-electron chi connectivity index (χ0n) is 7.56. The summed E-state index contributed by atoms with van der Waals surface area (Å²) in [7, 11) is 1.75. The summed E-state index contributed by atoms with van der Waals surface area (Å²) in [4.78, 5) is 6.45. The van der Waals surface area contributed by atoms with E-state index in [1.54, 1.807) is 18.4 Å². The first-order valence-electron chi connectivity index (χ1n) is 4.28. The average molecular weight is 199 g/mol. The lowest BCUT2D eigenvalue weighted by Gasteiger charge is -2.13. The number of ether oxygens (including phenoxy) is 1. The Morgan fingerprint density at radius 1 is 1.77 bits per heavy atom. The standard InChI is InChI=1S/C8H13N3OS/c1-12-6-2-3-11(4-6)8-10-7(9)5-13-8/h5-6H,2-4,9H2,1H3/t6-/m0/s1. The monoisotopic (exact) mass is 199 g/mol. The van der Waals surface area contributed by atoms with E-state index in [1.807, 2.05) is 5.38 Å². The van der Waals surface area contributed by atoms with Crippen LogP contribution in [0.15, 0.2) is 5.38 Å². The SMILES string of the molecule is CO[C@H]1CCN(c2nc(N)cs2)C1. The molecule has 2 rings (SSSR count). The molecule has 2 heterocycles. The predicted molar refractivity (Wildman–Crippen MR) is 54.2 cm³/mol. The summed E-state index contributed by atoms with van der Waals surface area (Å²) in [6.07, 6.45) is 1.43. The van der Waals surface area contributed by atoms with Gasteiger partial charge in [0.25, 0.3) is 0 Å². The highest BCUT2D eigenvalue weighted by molar-refractivity contribution is 7.14. The molecule has 1 saturated heterocycles. The normalized spacial score (nSPS) is 22.5. The first-order valence-corrected chi connectivity index (χ1v) is 5.16. The van der Waals surface area contributed by atoms with Gasteiger partial charge in [0, 0.05) is 25.6 Å². The largest absolute Gasteiger partial charge is 0.383 e. The second-order valence-corrected chi connectivity index (χ2v) is 3.98. The first-order chi connectivity index (χ1) is 6.29. The van der Waals surface area contributed by atoms with Crippen LogP contribution in [0.25, 0.3) is 0 Å². The van der Waals surface area contributed by atoms with Gasteiger partial charge in [0.15, 0.2) is 5.13 Å². The van der Waals surface area contributed by atoms with Crippen molar-refractivity contribution in [3.8, 4) is 0 Å². The third-order valence-corrected chi connectivity index (χ3v) is 3.18. The highest BCUT2D eigenvalue weighted by Gasteiger charge is 2.23.